The monoisotopic (exact) mass is 396 g/mol. The summed E-state index contributed by atoms with van der Waals surface area (Å²) in [4.78, 5) is 12.6. The fourth-order valence-electron chi connectivity index (χ4n) is 2.64. The van der Waals surface area contributed by atoms with E-state index in [0.717, 1.165) is 0 Å². The first kappa shape index (κ1) is 22.2. The van der Waals surface area contributed by atoms with Crippen molar-refractivity contribution in [1.29, 1.82) is 0 Å². The zero-order valence-corrected chi connectivity index (χ0v) is 15.3. The number of carbonyl (C=O) groups excluding carboxylic acids is 1. The third kappa shape index (κ3) is 5.26. The van der Waals surface area contributed by atoms with Gasteiger partial charge in [0, 0.05) is 5.56 Å². The van der Waals surface area contributed by atoms with Crippen LogP contribution in [-0.2, 0) is 0 Å². The first-order valence-corrected chi connectivity index (χ1v) is 9.50. The molecule has 0 saturated heterocycles. The van der Waals surface area contributed by atoms with Crippen molar-refractivity contribution in [2.24, 2.45) is 0 Å². The summed E-state index contributed by atoms with van der Waals surface area (Å²) in [6.07, 6.45) is 0. The summed E-state index contributed by atoms with van der Waals surface area (Å²) in [5, 5.41) is -0.00763. The molecule has 3 aromatic rings. The van der Waals surface area contributed by atoms with Crippen LogP contribution in [0.1, 0.15) is 15.9 Å². The second kappa shape index (κ2) is 9.43. The molecule has 0 saturated carbocycles. The molecule has 0 radical (unpaired) electrons. The van der Waals surface area contributed by atoms with Crippen LogP contribution in [0.2, 0.25) is 0 Å². The topological polar surface area (TPSA) is 26.3 Å². The van der Waals surface area contributed by atoms with Gasteiger partial charge in [-0.05, 0) is 48.1 Å². The zero-order valence-electron chi connectivity index (χ0n) is 14.4. The van der Waals surface area contributed by atoms with Gasteiger partial charge in [0.05, 0.1) is 0 Å². The Morgan fingerprint density at radius 1 is 0.857 bits per heavy atom. The van der Waals surface area contributed by atoms with Gasteiger partial charge in [0.2, 0.25) is 0 Å². The number of alkyl halides is 3. The van der Waals surface area contributed by atoms with E-state index in [2.05, 4.69) is 0 Å². The molecule has 0 heterocycles. The minimum absolute atomic E-state index is 0. The summed E-state index contributed by atoms with van der Waals surface area (Å²) >= 11 is 0. The van der Waals surface area contributed by atoms with E-state index in [9.17, 15) is 18.0 Å². The van der Waals surface area contributed by atoms with E-state index < -0.39 is 19.4 Å². The second-order valence-corrected chi connectivity index (χ2v) is 7.90. The number of ether oxygens (including phenoxy) is 1. The number of benzene rings is 3. The van der Waals surface area contributed by atoms with Crippen molar-refractivity contribution in [2.75, 3.05) is 0 Å². The summed E-state index contributed by atoms with van der Waals surface area (Å²) in [7, 11) is -3.02. The molecule has 140 valence electrons. The Bertz CT molecular complexity index is 931. The van der Waals surface area contributed by atoms with E-state index in [4.69, 9.17) is 4.74 Å². The third-order valence-corrected chi connectivity index (χ3v) is 6.02. The van der Waals surface area contributed by atoms with Crippen molar-refractivity contribution >= 4 is 37.6 Å². The first-order chi connectivity index (χ1) is 12.9. The molecule has 0 N–H and O–H groups in total. The molecule has 0 aliphatic heterocycles. The van der Waals surface area contributed by atoms with Crippen LogP contribution < -0.4 is 10.0 Å². The van der Waals surface area contributed by atoms with Crippen LogP contribution in [0.4, 0.5) is 13.2 Å². The van der Waals surface area contributed by atoms with Crippen molar-refractivity contribution in [2.45, 2.75) is 12.8 Å². The predicted octanol–water partition coefficient (Wildman–Crippen LogP) is 5.61. The quantitative estimate of drug-likeness (QED) is 0.414. The van der Waals surface area contributed by atoms with Crippen LogP contribution in [0.5, 0.6) is 11.5 Å². The van der Waals surface area contributed by atoms with Crippen molar-refractivity contribution < 1.29 is 22.7 Å². The van der Waals surface area contributed by atoms with E-state index in [-0.39, 0.29) is 29.7 Å². The minimum atomic E-state index is -4.63. The van der Waals surface area contributed by atoms with Gasteiger partial charge < -0.3 is 4.74 Å². The molecule has 3 rings (SSSR count). The molecule has 7 heteroatoms. The molecule has 28 heavy (non-hydrogen) atoms. The molecule has 0 fully saturated rings. The van der Waals surface area contributed by atoms with Gasteiger partial charge >= 0.3 is 24.8 Å². The number of halogens is 3. The Hall–Kier alpha value is -2.05. The Morgan fingerprint density at radius 2 is 1.43 bits per heavy atom. The molecule has 0 aliphatic carbocycles. The van der Waals surface area contributed by atoms with Gasteiger partial charge in [-0.25, -0.2) is 0 Å². The SMILES string of the molecule is Cc1cc(Oc2ccccc2)ccc1P(C(=O)c1ccccc1)C(F)(F)F.[LiH]. The molecule has 0 aliphatic rings. The van der Waals surface area contributed by atoms with E-state index in [1.54, 1.807) is 49.4 Å². The Kier molecular flexibility index (Phi) is 7.49. The van der Waals surface area contributed by atoms with Crippen molar-refractivity contribution in [3.63, 3.8) is 0 Å². The van der Waals surface area contributed by atoms with Gasteiger partial charge in [-0.2, -0.15) is 13.2 Å². The van der Waals surface area contributed by atoms with Crippen molar-refractivity contribution in [1.82, 2.24) is 0 Å². The Morgan fingerprint density at radius 3 is 1.96 bits per heavy atom. The normalized spacial score (nSPS) is 12.0. The van der Waals surface area contributed by atoms with Gasteiger partial charge in [0.1, 0.15) is 19.4 Å². The number of para-hydroxylation sites is 1. The molecule has 0 spiro atoms. The molecule has 3 aromatic carbocycles. The fraction of sp³-hybridized carbons (Fsp3) is 0.0952. The van der Waals surface area contributed by atoms with Crippen LogP contribution >= 0.6 is 7.92 Å². The van der Waals surface area contributed by atoms with Crippen LogP contribution in [-0.4, -0.2) is 30.3 Å². The van der Waals surface area contributed by atoms with Gasteiger partial charge in [0.15, 0.2) is 5.52 Å². The summed E-state index contributed by atoms with van der Waals surface area (Å²) < 4.78 is 46.9. The first-order valence-electron chi connectivity index (χ1n) is 8.16. The Labute approximate surface area is 174 Å². The summed E-state index contributed by atoms with van der Waals surface area (Å²) in [5.74, 6) is -3.62. The third-order valence-electron chi connectivity index (χ3n) is 3.87. The van der Waals surface area contributed by atoms with Gasteiger partial charge in [-0.15, -0.1) is 0 Å². The molecule has 1 unspecified atom stereocenters. The van der Waals surface area contributed by atoms with E-state index >= 15 is 0 Å². The van der Waals surface area contributed by atoms with E-state index in [1.165, 1.54) is 30.3 Å². The average molecular weight is 396 g/mol. The van der Waals surface area contributed by atoms with E-state index in [1.807, 2.05) is 6.07 Å². The molecular formula is C21H17F3LiO2P. The second-order valence-electron chi connectivity index (χ2n) is 5.84. The molecular weight excluding hydrogens is 379 g/mol. The van der Waals surface area contributed by atoms with Crippen LogP contribution in [0, 0.1) is 6.92 Å². The number of carbonyl (C=O) groups is 1. The zero-order chi connectivity index (χ0) is 19.4. The molecule has 0 bridgehead atoms. The molecule has 0 aromatic heterocycles. The van der Waals surface area contributed by atoms with Crippen molar-refractivity contribution in [3.05, 3.63) is 90.0 Å². The molecule has 1 atom stereocenters. The van der Waals surface area contributed by atoms with E-state index in [0.29, 0.717) is 17.1 Å². The van der Waals surface area contributed by atoms with Crippen LogP contribution in [0.25, 0.3) is 0 Å². The van der Waals surface area contributed by atoms with Crippen molar-refractivity contribution in [3.8, 4) is 11.5 Å². The summed E-state index contributed by atoms with van der Waals surface area (Å²) in [5.41, 5.74) is -0.473. The standard InChI is InChI=1S/C21H16F3O2P.Li.H/c1-15-14-18(26-17-10-6-3-7-11-17)12-13-19(15)27(21(22,23)24)20(25)16-8-4-2-5-9-16;;/h2-14H,1H3;;. The number of rotatable bonds is 5. The van der Waals surface area contributed by atoms with Crippen LogP contribution in [0.15, 0.2) is 78.9 Å². The maximum absolute atomic E-state index is 13.7. The van der Waals surface area contributed by atoms with Gasteiger partial charge in [-0.3, -0.25) is 4.79 Å². The maximum atomic E-state index is 13.7. The number of hydrogen-bond donors (Lipinski definition) is 0. The fourth-order valence-corrected chi connectivity index (χ4v) is 4.41. The summed E-state index contributed by atoms with van der Waals surface area (Å²) in [6, 6.07) is 20.9. The number of aryl methyl sites for hydroxylation is 1. The number of hydrogen-bond acceptors (Lipinski definition) is 2. The molecule has 0 amide bonds. The molecule has 2 nitrogen and oxygen atoms in total. The van der Waals surface area contributed by atoms with Gasteiger partial charge in [0.25, 0.3) is 0 Å². The summed E-state index contributed by atoms with van der Waals surface area (Å²) in [6.45, 7) is 1.56. The Balaban J connectivity index is 0.00000280. The van der Waals surface area contributed by atoms with Crippen LogP contribution in [0.3, 0.4) is 0 Å². The average Bonchev–Trinajstić information content (AvgIpc) is 2.64. The van der Waals surface area contributed by atoms with Gasteiger partial charge in [-0.1, -0.05) is 48.5 Å². The predicted molar refractivity (Wildman–Crippen MR) is 108 cm³/mol.